The van der Waals surface area contributed by atoms with Crippen LogP contribution in [0.15, 0.2) is 48.5 Å². The molecule has 2 amide bonds. The van der Waals surface area contributed by atoms with Crippen molar-refractivity contribution in [2.24, 2.45) is 0 Å². The number of nitrogens with one attached hydrogen (secondary N) is 2. The molecule has 0 bridgehead atoms. The topological polar surface area (TPSA) is 61.4 Å². The van der Waals surface area contributed by atoms with Crippen LogP contribution in [0.4, 0.5) is 11.4 Å². The minimum atomic E-state index is -0.120. The second kappa shape index (κ2) is 6.59. The van der Waals surface area contributed by atoms with Gasteiger partial charge in [0.2, 0.25) is 5.91 Å². The fourth-order valence-corrected chi connectivity index (χ4v) is 3.21. The molecule has 0 radical (unpaired) electrons. The molecule has 5 nitrogen and oxygen atoms in total. The Morgan fingerprint density at radius 3 is 2.64 bits per heavy atom. The molecule has 2 aliphatic rings. The number of carbonyl (C=O) groups is 2. The van der Waals surface area contributed by atoms with Crippen LogP contribution in [0.1, 0.15) is 28.8 Å². The van der Waals surface area contributed by atoms with E-state index in [2.05, 4.69) is 21.6 Å². The van der Waals surface area contributed by atoms with E-state index >= 15 is 0 Å². The van der Waals surface area contributed by atoms with Crippen LogP contribution in [-0.2, 0) is 11.2 Å². The normalized spacial score (nSPS) is 15.6. The molecule has 2 aromatic rings. The number of hydrogen-bond acceptors (Lipinski definition) is 3. The maximum absolute atomic E-state index is 12.5. The van der Waals surface area contributed by atoms with Gasteiger partial charge in [-0.05, 0) is 43.0 Å². The Kier molecular flexibility index (Phi) is 4.14. The van der Waals surface area contributed by atoms with Gasteiger partial charge in [0.15, 0.2) is 0 Å². The number of nitrogens with zero attached hydrogens (tertiary/aromatic N) is 1. The van der Waals surface area contributed by atoms with E-state index in [0.717, 1.165) is 31.5 Å². The number of amides is 2. The summed E-state index contributed by atoms with van der Waals surface area (Å²) < 4.78 is 0. The van der Waals surface area contributed by atoms with E-state index in [1.165, 1.54) is 5.56 Å². The minimum absolute atomic E-state index is 0.108. The van der Waals surface area contributed by atoms with E-state index in [-0.39, 0.29) is 24.4 Å². The molecule has 25 heavy (non-hydrogen) atoms. The molecule has 0 spiro atoms. The van der Waals surface area contributed by atoms with Gasteiger partial charge in [-0.1, -0.05) is 30.3 Å². The predicted octanol–water partition coefficient (Wildman–Crippen LogP) is 2.58. The Bertz CT molecular complexity index is 814. The SMILES string of the molecule is O=C(CN1CCc2ccccc21)Nc1ccccc1C(=O)NC1CC1. The zero-order valence-electron chi connectivity index (χ0n) is 14.0. The summed E-state index contributed by atoms with van der Waals surface area (Å²) in [4.78, 5) is 26.9. The van der Waals surface area contributed by atoms with Crippen molar-refractivity contribution in [2.45, 2.75) is 25.3 Å². The highest BCUT2D eigenvalue weighted by molar-refractivity contribution is 6.04. The van der Waals surface area contributed by atoms with Gasteiger partial charge >= 0.3 is 0 Å². The van der Waals surface area contributed by atoms with Crippen LogP contribution >= 0.6 is 0 Å². The monoisotopic (exact) mass is 335 g/mol. The molecule has 1 heterocycles. The van der Waals surface area contributed by atoms with E-state index in [4.69, 9.17) is 0 Å². The van der Waals surface area contributed by atoms with Gasteiger partial charge < -0.3 is 15.5 Å². The molecule has 4 rings (SSSR count). The van der Waals surface area contributed by atoms with Gasteiger partial charge in [0.25, 0.3) is 5.91 Å². The zero-order chi connectivity index (χ0) is 17.2. The number of para-hydroxylation sites is 2. The Labute approximate surface area is 147 Å². The van der Waals surface area contributed by atoms with E-state index in [1.807, 2.05) is 30.3 Å². The highest BCUT2D eigenvalue weighted by atomic mass is 16.2. The van der Waals surface area contributed by atoms with Gasteiger partial charge in [-0.3, -0.25) is 9.59 Å². The lowest BCUT2D eigenvalue weighted by molar-refractivity contribution is -0.115. The molecule has 1 aliphatic heterocycles. The lowest BCUT2D eigenvalue weighted by Gasteiger charge is -2.19. The van der Waals surface area contributed by atoms with Crippen molar-refractivity contribution in [3.05, 3.63) is 59.7 Å². The van der Waals surface area contributed by atoms with Crippen LogP contribution in [0.25, 0.3) is 0 Å². The zero-order valence-corrected chi connectivity index (χ0v) is 14.0. The van der Waals surface area contributed by atoms with Gasteiger partial charge in [0.1, 0.15) is 0 Å². The van der Waals surface area contributed by atoms with Crippen molar-refractivity contribution >= 4 is 23.2 Å². The Hall–Kier alpha value is -2.82. The first-order chi connectivity index (χ1) is 12.2. The number of hydrogen-bond donors (Lipinski definition) is 2. The average Bonchev–Trinajstić information content (AvgIpc) is 3.34. The summed E-state index contributed by atoms with van der Waals surface area (Å²) in [5.41, 5.74) is 3.49. The van der Waals surface area contributed by atoms with Gasteiger partial charge in [0, 0.05) is 18.3 Å². The van der Waals surface area contributed by atoms with Gasteiger partial charge in [-0.15, -0.1) is 0 Å². The van der Waals surface area contributed by atoms with E-state index in [0.29, 0.717) is 11.3 Å². The first kappa shape index (κ1) is 15.7. The third kappa shape index (κ3) is 3.50. The molecule has 128 valence electrons. The molecule has 0 atom stereocenters. The number of rotatable bonds is 5. The molecular formula is C20H21N3O2. The summed E-state index contributed by atoms with van der Waals surface area (Å²) in [6.07, 6.45) is 3.03. The minimum Gasteiger partial charge on any atom is -0.362 e. The molecule has 2 aromatic carbocycles. The second-order valence-corrected chi connectivity index (χ2v) is 6.64. The fourth-order valence-electron chi connectivity index (χ4n) is 3.21. The molecule has 0 saturated heterocycles. The summed E-state index contributed by atoms with van der Waals surface area (Å²) in [6, 6.07) is 15.6. The highest BCUT2D eigenvalue weighted by Gasteiger charge is 2.25. The van der Waals surface area contributed by atoms with E-state index < -0.39 is 0 Å². The number of carbonyl (C=O) groups excluding carboxylic acids is 2. The standard InChI is InChI=1S/C20H21N3O2/c24-19(13-23-12-11-14-5-1-4-8-18(14)23)22-17-7-3-2-6-16(17)20(25)21-15-9-10-15/h1-8,15H,9-13H2,(H,21,25)(H,22,24). The largest absolute Gasteiger partial charge is 0.362 e. The lowest BCUT2D eigenvalue weighted by atomic mass is 10.1. The number of anilines is 2. The Morgan fingerprint density at radius 1 is 1.04 bits per heavy atom. The van der Waals surface area contributed by atoms with Crippen molar-refractivity contribution < 1.29 is 9.59 Å². The lowest BCUT2D eigenvalue weighted by Crippen LogP contribution is -2.33. The van der Waals surface area contributed by atoms with E-state index in [9.17, 15) is 9.59 Å². The number of fused-ring (bicyclic) bond motifs is 1. The predicted molar refractivity (Wildman–Crippen MR) is 97.9 cm³/mol. The highest BCUT2D eigenvalue weighted by Crippen LogP contribution is 2.27. The van der Waals surface area contributed by atoms with Crippen LogP contribution in [0.3, 0.4) is 0 Å². The smallest absolute Gasteiger partial charge is 0.253 e. The first-order valence-corrected chi connectivity index (χ1v) is 8.73. The summed E-state index contributed by atoms with van der Waals surface area (Å²) in [5.74, 6) is -0.228. The van der Waals surface area contributed by atoms with Crippen LogP contribution in [0.5, 0.6) is 0 Å². The molecular weight excluding hydrogens is 314 g/mol. The van der Waals surface area contributed by atoms with Crippen LogP contribution in [0, 0.1) is 0 Å². The summed E-state index contributed by atoms with van der Waals surface area (Å²) in [6.45, 7) is 1.13. The average molecular weight is 335 g/mol. The third-order valence-electron chi connectivity index (χ3n) is 4.68. The van der Waals surface area contributed by atoms with Crippen molar-refractivity contribution in [1.82, 2.24) is 5.32 Å². The maximum atomic E-state index is 12.5. The van der Waals surface area contributed by atoms with Crippen LogP contribution < -0.4 is 15.5 Å². The fraction of sp³-hybridized carbons (Fsp3) is 0.300. The number of benzene rings is 2. The van der Waals surface area contributed by atoms with Gasteiger partial charge in [-0.2, -0.15) is 0 Å². The maximum Gasteiger partial charge on any atom is 0.253 e. The van der Waals surface area contributed by atoms with Crippen molar-refractivity contribution in [3.63, 3.8) is 0 Å². The van der Waals surface area contributed by atoms with Crippen molar-refractivity contribution in [2.75, 3.05) is 23.3 Å². The van der Waals surface area contributed by atoms with Crippen molar-refractivity contribution in [3.8, 4) is 0 Å². The van der Waals surface area contributed by atoms with E-state index in [1.54, 1.807) is 12.1 Å². The van der Waals surface area contributed by atoms with Gasteiger partial charge in [-0.25, -0.2) is 0 Å². The summed E-state index contributed by atoms with van der Waals surface area (Å²) in [7, 11) is 0. The Morgan fingerprint density at radius 2 is 1.80 bits per heavy atom. The molecule has 0 aromatic heterocycles. The molecule has 1 saturated carbocycles. The Balaban J connectivity index is 1.44. The third-order valence-corrected chi connectivity index (χ3v) is 4.68. The van der Waals surface area contributed by atoms with Crippen LogP contribution in [-0.4, -0.2) is 30.9 Å². The second-order valence-electron chi connectivity index (χ2n) is 6.64. The summed E-state index contributed by atoms with van der Waals surface area (Å²) >= 11 is 0. The van der Waals surface area contributed by atoms with Gasteiger partial charge in [0.05, 0.1) is 17.8 Å². The molecule has 0 unspecified atom stereocenters. The molecule has 1 fully saturated rings. The van der Waals surface area contributed by atoms with Crippen molar-refractivity contribution in [1.29, 1.82) is 0 Å². The quantitative estimate of drug-likeness (QED) is 0.883. The molecule has 5 heteroatoms. The van der Waals surface area contributed by atoms with Crippen LogP contribution in [0.2, 0.25) is 0 Å². The molecule has 1 aliphatic carbocycles. The molecule has 2 N–H and O–H groups in total. The summed E-state index contributed by atoms with van der Waals surface area (Å²) in [5, 5.41) is 5.87. The first-order valence-electron chi connectivity index (χ1n) is 8.73.